The summed E-state index contributed by atoms with van der Waals surface area (Å²) in [5, 5.41) is 6.54. The predicted octanol–water partition coefficient (Wildman–Crippen LogP) is 1.44. The van der Waals surface area contributed by atoms with Gasteiger partial charge in [0.15, 0.2) is 5.96 Å². The molecule has 0 aromatic heterocycles. The number of likely N-dealkylation sites (tertiary alicyclic amines) is 1. The molecule has 164 valence electrons. The van der Waals surface area contributed by atoms with Crippen molar-refractivity contribution in [1.82, 2.24) is 19.8 Å². The first-order valence-electron chi connectivity index (χ1n) is 9.90. The van der Waals surface area contributed by atoms with Gasteiger partial charge in [-0.25, -0.2) is 8.42 Å². The van der Waals surface area contributed by atoms with Crippen LogP contribution in [-0.2, 0) is 10.0 Å². The number of sulfonamides is 1. The largest absolute Gasteiger partial charge is 0.511 e. The van der Waals surface area contributed by atoms with Crippen LogP contribution in [0.5, 0.6) is 0 Å². The summed E-state index contributed by atoms with van der Waals surface area (Å²) >= 11 is 0. The molecule has 1 unspecified atom stereocenters. The van der Waals surface area contributed by atoms with Crippen molar-refractivity contribution in [2.75, 3.05) is 52.9 Å². The van der Waals surface area contributed by atoms with Crippen molar-refractivity contribution in [3.05, 3.63) is 0 Å². The van der Waals surface area contributed by atoms with Crippen LogP contribution in [0.2, 0.25) is 0 Å². The van der Waals surface area contributed by atoms with Gasteiger partial charge in [0.2, 0.25) is 0 Å². The summed E-state index contributed by atoms with van der Waals surface area (Å²) < 4.78 is 61.3. The second-order valence-corrected chi connectivity index (χ2v) is 9.51. The molecule has 0 amide bonds. The zero-order valence-electron chi connectivity index (χ0n) is 16.6. The lowest BCUT2D eigenvalue weighted by Crippen LogP contribution is -2.47. The molecule has 2 rings (SSSR count). The van der Waals surface area contributed by atoms with Crippen molar-refractivity contribution < 1.29 is 21.6 Å². The van der Waals surface area contributed by atoms with E-state index >= 15 is 0 Å². The summed E-state index contributed by atoms with van der Waals surface area (Å²) in [5.74, 6) is 1.38. The first kappa shape index (κ1) is 23.2. The van der Waals surface area contributed by atoms with Crippen LogP contribution in [0.1, 0.15) is 32.6 Å². The van der Waals surface area contributed by atoms with Gasteiger partial charge in [-0.3, -0.25) is 4.99 Å². The highest BCUT2D eigenvalue weighted by Gasteiger charge is 2.50. The normalized spacial score (nSPS) is 23.9. The smallest absolute Gasteiger partial charge is 0.356 e. The van der Waals surface area contributed by atoms with Gasteiger partial charge in [0.05, 0.1) is 0 Å². The average Bonchev–Trinajstić information content (AvgIpc) is 3.09. The van der Waals surface area contributed by atoms with Crippen LogP contribution in [0.25, 0.3) is 0 Å². The van der Waals surface area contributed by atoms with Crippen LogP contribution in [0.3, 0.4) is 0 Å². The fourth-order valence-corrected chi connectivity index (χ4v) is 4.79. The molecule has 2 heterocycles. The lowest BCUT2D eigenvalue weighted by atomic mass is 9.98. The van der Waals surface area contributed by atoms with Crippen molar-refractivity contribution in [3.8, 4) is 0 Å². The zero-order chi connectivity index (χ0) is 20.8. The summed E-state index contributed by atoms with van der Waals surface area (Å²) in [7, 11) is -3.53. The van der Waals surface area contributed by atoms with E-state index in [0.29, 0.717) is 35.6 Å². The van der Waals surface area contributed by atoms with Gasteiger partial charge in [-0.15, -0.1) is 0 Å². The number of alkyl halides is 3. The lowest BCUT2D eigenvalue weighted by molar-refractivity contribution is -0.0496. The highest BCUT2D eigenvalue weighted by Crippen LogP contribution is 2.30. The Morgan fingerprint density at radius 2 is 1.64 bits per heavy atom. The van der Waals surface area contributed by atoms with E-state index in [0.717, 1.165) is 39.0 Å². The third-order valence-electron chi connectivity index (χ3n) is 5.46. The molecule has 0 saturated carbocycles. The standard InChI is InChI=1S/C17H32F3N5O2S/c1-3-7-24-8-4-15(13-24)12-23-16(21-2)22-11-14-5-9-25(10-6-14)28(26,27)17(18,19)20/h14-15H,3-13H2,1-2H3,(H2,21,22,23). The molecule has 2 fully saturated rings. The number of piperidine rings is 1. The Morgan fingerprint density at radius 3 is 2.18 bits per heavy atom. The van der Waals surface area contributed by atoms with E-state index in [1.807, 2.05) is 0 Å². The number of hydrogen-bond acceptors (Lipinski definition) is 4. The van der Waals surface area contributed by atoms with Crippen molar-refractivity contribution in [2.45, 2.75) is 38.1 Å². The summed E-state index contributed by atoms with van der Waals surface area (Å²) in [5.41, 5.74) is -5.23. The molecule has 2 saturated heterocycles. The van der Waals surface area contributed by atoms with E-state index in [9.17, 15) is 21.6 Å². The topological polar surface area (TPSA) is 77.0 Å². The Morgan fingerprint density at radius 1 is 1.07 bits per heavy atom. The first-order valence-corrected chi connectivity index (χ1v) is 11.3. The summed E-state index contributed by atoms with van der Waals surface area (Å²) in [6.45, 7) is 6.72. The Bertz CT molecular complexity index is 619. The predicted molar refractivity (Wildman–Crippen MR) is 103 cm³/mol. The van der Waals surface area contributed by atoms with E-state index in [4.69, 9.17) is 0 Å². The second kappa shape index (κ2) is 10.1. The van der Waals surface area contributed by atoms with Crippen LogP contribution in [0.4, 0.5) is 13.2 Å². The first-order chi connectivity index (χ1) is 13.2. The van der Waals surface area contributed by atoms with Gasteiger partial charge in [0.1, 0.15) is 0 Å². The maximum absolute atomic E-state index is 12.6. The molecule has 2 aliphatic heterocycles. The summed E-state index contributed by atoms with van der Waals surface area (Å²) in [6, 6.07) is 0. The Hall–Kier alpha value is -1.07. The minimum atomic E-state index is -5.23. The number of guanidine groups is 1. The molecular weight excluding hydrogens is 395 g/mol. The number of nitrogens with zero attached hydrogens (tertiary/aromatic N) is 3. The highest BCUT2D eigenvalue weighted by atomic mass is 32.2. The Kier molecular flexibility index (Phi) is 8.38. The van der Waals surface area contributed by atoms with Gasteiger partial charge < -0.3 is 15.5 Å². The molecule has 28 heavy (non-hydrogen) atoms. The van der Waals surface area contributed by atoms with Gasteiger partial charge >= 0.3 is 15.5 Å². The van der Waals surface area contributed by atoms with E-state index in [1.54, 1.807) is 7.05 Å². The molecule has 0 aromatic rings. The average molecular weight is 428 g/mol. The fraction of sp³-hybridized carbons (Fsp3) is 0.941. The third kappa shape index (κ3) is 6.21. The van der Waals surface area contributed by atoms with Crippen molar-refractivity contribution in [2.24, 2.45) is 16.8 Å². The van der Waals surface area contributed by atoms with Crippen molar-refractivity contribution in [3.63, 3.8) is 0 Å². The van der Waals surface area contributed by atoms with Crippen LogP contribution < -0.4 is 10.6 Å². The molecule has 0 bridgehead atoms. The second-order valence-electron chi connectivity index (χ2n) is 7.58. The van der Waals surface area contributed by atoms with E-state index in [2.05, 4.69) is 27.4 Å². The molecule has 11 heteroatoms. The van der Waals surface area contributed by atoms with Crippen LogP contribution in [-0.4, -0.2) is 82.0 Å². The van der Waals surface area contributed by atoms with Crippen LogP contribution in [0.15, 0.2) is 4.99 Å². The molecule has 0 aliphatic carbocycles. The van der Waals surface area contributed by atoms with E-state index < -0.39 is 15.5 Å². The molecule has 0 spiro atoms. The summed E-state index contributed by atoms with van der Waals surface area (Å²) in [4.78, 5) is 6.66. The molecule has 7 nitrogen and oxygen atoms in total. The van der Waals surface area contributed by atoms with Crippen LogP contribution in [0, 0.1) is 11.8 Å². The monoisotopic (exact) mass is 427 g/mol. The molecule has 2 aliphatic rings. The number of nitrogens with one attached hydrogen (secondary N) is 2. The lowest BCUT2D eigenvalue weighted by Gasteiger charge is -2.31. The quantitative estimate of drug-likeness (QED) is 0.475. The van der Waals surface area contributed by atoms with Gasteiger partial charge in [0.25, 0.3) is 0 Å². The van der Waals surface area contributed by atoms with E-state index in [1.165, 1.54) is 0 Å². The third-order valence-corrected chi connectivity index (χ3v) is 7.09. The zero-order valence-corrected chi connectivity index (χ0v) is 17.4. The molecular formula is C17H32F3N5O2S. The minimum absolute atomic E-state index is 0.102. The minimum Gasteiger partial charge on any atom is -0.356 e. The number of hydrogen-bond donors (Lipinski definition) is 2. The molecule has 0 aromatic carbocycles. The maximum atomic E-state index is 12.6. The van der Waals surface area contributed by atoms with Gasteiger partial charge in [-0.1, -0.05) is 6.92 Å². The summed E-state index contributed by atoms with van der Waals surface area (Å²) in [6.07, 6.45) is 3.12. The Labute approximate surface area is 165 Å². The molecule has 2 N–H and O–H groups in total. The van der Waals surface area contributed by atoms with Crippen molar-refractivity contribution in [1.29, 1.82) is 0 Å². The van der Waals surface area contributed by atoms with Crippen LogP contribution >= 0.6 is 0 Å². The number of aliphatic imine (C=N–C) groups is 1. The van der Waals surface area contributed by atoms with Gasteiger partial charge in [0, 0.05) is 39.8 Å². The highest BCUT2D eigenvalue weighted by molar-refractivity contribution is 7.90. The Balaban J connectivity index is 1.69. The number of halogens is 3. The molecule has 1 atom stereocenters. The maximum Gasteiger partial charge on any atom is 0.511 e. The van der Waals surface area contributed by atoms with Gasteiger partial charge in [-0.2, -0.15) is 17.5 Å². The molecule has 0 radical (unpaired) electrons. The SMILES string of the molecule is CCCN1CCC(CNC(=NC)NCC2CCN(S(=O)(=O)C(F)(F)F)CC2)C1. The van der Waals surface area contributed by atoms with Crippen molar-refractivity contribution >= 4 is 16.0 Å². The van der Waals surface area contributed by atoms with E-state index in [-0.39, 0.29) is 19.0 Å². The number of rotatable bonds is 7. The van der Waals surface area contributed by atoms with Gasteiger partial charge in [-0.05, 0) is 50.6 Å². The fourth-order valence-electron chi connectivity index (χ4n) is 3.80.